The van der Waals surface area contributed by atoms with Gasteiger partial charge in [-0.2, -0.15) is 0 Å². The van der Waals surface area contributed by atoms with E-state index in [0.717, 1.165) is 22.1 Å². The van der Waals surface area contributed by atoms with Crippen LogP contribution in [0.2, 0.25) is 5.02 Å². The first-order chi connectivity index (χ1) is 11.2. The number of halogens is 1. The van der Waals surface area contributed by atoms with E-state index in [0.29, 0.717) is 25.6 Å². The Balaban J connectivity index is 1.86. The van der Waals surface area contributed by atoms with Gasteiger partial charge >= 0.3 is 0 Å². The van der Waals surface area contributed by atoms with Crippen LogP contribution in [-0.2, 0) is 13.1 Å². The van der Waals surface area contributed by atoms with Crippen molar-refractivity contribution in [2.24, 2.45) is 4.99 Å². The highest BCUT2D eigenvalue weighted by molar-refractivity contribution is 6.30. The summed E-state index contributed by atoms with van der Waals surface area (Å²) in [4.78, 5) is 8.37. The summed E-state index contributed by atoms with van der Waals surface area (Å²) in [5, 5.41) is 7.25. The van der Waals surface area contributed by atoms with Crippen LogP contribution in [0, 0.1) is 0 Å². The summed E-state index contributed by atoms with van der Waals surface area (Å²) >= 11 is 5.98. The molecule has 0 aliphatic carbocycles. The smallest absolute Gasteiger partial charge is 0.213 e. The molecule has 2 N–H and O–H groups in total. The lowest BCUT2D eigenvalue weighted by Gasteiger charge is -2.12. The zero-order chi connectivity index (χ0) is 16.5. The average molecular weight is 333 g/mol. The predicted molar refractivity (Wildman–Crippen MR) is 93.9 cm³/mol. The van der Waals surface area contributed by atoms with E-state index in [9.17, 15) is 0 Å². The summed E-state index contributed by atoms with van der Waals surface area (Å²) in [5.74, 6) is 1.36. The third-order valence-corrected chi connectivity index (χ3v) is 3.36. The Bertz CT molecular complexity index is 661. The molecule has 1 heterocycles. The van der Waals surface area contributed by atoms with Crippen LogP contribution < -0.4 is 15.4 Å². The van der Waals surface area contributed by atoms with Crippen molar-refractivity contribution in [3.8, 4) is 5.88 Å². The Morgan fingerprint density at radius 3 is 2.57 bits per heavy atom. The number of nitrogens with zero attached hydrogens (tertiary/aromatic N) is 2. The monoisotopic (exact) mass is 332 g/mol. The molecule has 0 bridgehead atoms. The van der Waals surface area contributed by atoms with Gasteiger partial charge in [-0.3, -0.25) is 4.99 Å². The van der Waals surface area contributed by atoms with Crippen LogP contribution in [0.1, 0.15) is 18.1 Å². The van der Waals surface area contributed by atoms with Crippen molar-refractivity contribution >= 4 is 17.6 Å². The number of rotatable bonds is 6. The maximum absolute atomic E-state index is 5.98. The van der Waals surface area contributed by atoms with Gasteiger partial charge in [0.1, 0.15) is 0 Å². The molecule has 0 saturated carbocycles. The maximum atomic E-state index is 5.98. The Kier molecular flexibility index (Phi) is 6.69. The minimum absolute atomic E-state index is 0.604. The summed E-state index contributed by atoms with van der Waals surface area (Å²) in [6.45, 7) is 3.83. The fourth-order valence-corrected chi connectivity index (χ4v) is 2.24. The standard InChI is InChI=1S/C17H21ClN4O/c1-3-23-16-10-14(7-8-20-16)12-22-17(19-2)21-11-13-5-4-6-15(18)9-13/h4-10H,3,11-12H2,1-2H3,(H2,19,21,22). The molecule has 6 heteroatoms. The molecule has 0 aliphatic rings. The number of guanidine groups is 1. The number of hydrogen-bond donors (Lipinski definition) is 2. The molecule has 122 valence electrons. The van der Waals surface area contributed by atoms with Gasteiger partial charge in [0.25, 0.3) is 0 Å². The largest absolute Gasteiger partial charge is 0.478 e. The van der Waals surface area contributed by atoms with Crippen LogP contribution in [0.25, 0.3) is 0 Å². The molecule has 2 rings (SSSR count). The van der Waals surface area contributed by atoms with Crippen LogP contribution in [0.4, 0.5) is 0 Å². The Morgan fingerprint density at radius 2 is 1.91 bits per heavy atom. The summed E-state index contributed by atoms with van der Waals surface area (Å²) in [5.41, 5.74) is 2.18. The molecule has 0 radical (unpaired) electrons. The van der Waals surface area contributed by atoms with Crippen LogP contribution >= 0.6 is 11.6 Å². The third kappa shape index (κ3) is 5.79. The van der Waals surface area contributed by atoms with Crippen molar-refractivity contribution in [1.29, 1.82) is 0 Å². The molecule has 0 aliphatic heterocycles. The number of ether oxygens (including phenoxy) is 1. The van der Waals surface area contributed by atoms with Crippen molar-refractivity contribution in [3.63, 3.8) is 0 Å². The van der Waals surface area contributed by atoms with Gasteiger partial charge in [-0.1, -0.05) is 23.7 Å². The van der Waals surface area contributed by atoms with E-state index in [1.165, 1.54) is 0 Å². The number of benzene rings is 1. The number of nitrogens with one attached hydrogen (secondary N) is 2. The first-order valence-electron chi connectivity index (χ1n) is 7.48. The molecule has 5 nitrogen and oxygen atoms in total. The topological polar surface area (TPSA) is 58.5 Å². The quantitative estimate of drug-likeness (QED) is 0.630. The molecule has 23 heavy (non-hydrogen) atoms. The van der Waals surface area contributed by atoms with Gasteiger partial charge in [0.15, 0.2) is 5.96 Å². The summed E-state index contributed by atoms with van der Waals surface area (Å²) in [6, 6.07) is 11.6. The predicted octanol–water partition coefficient (Wildman–Crippen LogP) is 3.00. The molecule has 0 fully saturated rings. The zero-order valence-corrected chi connectivity index (χ0v) is 14.1. The summed E-state index contributed by atoms with van der Waals surface area (Å²) in [6.07, 6.45) is 1.74. The molecular formula is C17H21ClN4O. The lowest BCUT2D eigenvalue weighted by Crippen LogP contribution is -2.36. The second-order valence-electron chi connectivity index (χ2n) is 4.84. The minimum atomic E-state index is 0.604. The van der Waals surface area contributed by atoms with E-state index in [-0.39, 0.29) is 0 Å². The maximum Gasteiger partial charge on any atom is 0.213 e. The molecule has 0 unspecified atom stereocenters. The molecule has 1 aromatic heterocycles. The number of aliphatic imine (C=N–C) groups is 1. The molecule has 0 atom stereocenters. The van der Waals surface area contributed by atoms with Crippen molar-refractivity contribution in [2.75, 3.05) is 13.7 Å². The fourth-order valence-electron chi connectivity index (χ4n) is 2.03. The molecule has 2 aromatic rings. The van der Waals surface area contributed by atoms with Gasteiger partial charge in [0.05, 0.1) is 6.61 Å². The SMILES string of the molecule is CCOc1cc(CNC(=NC)NCc2cccc(Cl)c2)ccn1. The zero-order valence-electron chi connectivity index (χ0n) is 13.3. The normalized spacial score (nSPS) is 11.2. The molecular weight excluding hydrogens is 312 g/mol. The fraction of sp³-hybridized carbons (Fsp3) is 0.294. The minimum Gasteiger partial charge on any atom is -0.478 e. The van der Waals surface area contributed by atoms with Crippen LogP contribution in [0.3, 0.4) is 0 Å². The molecule has 0 spiro atoms. The van der Waals surface area contributed by atoms with E-state index >= 15 is 0 Å². The van der Waals surface area contributed by atoms with Crippen molar-refractivity contribution in [2.45, 2.75) is 20.0 Å². The second-order valence-corrected chi connectivity index (χ2v) is 5.28. The average Bonchev–Trinajstić information content (AvgIpc) is 2.56. The van der Waals surface area contributed by atoms with Crippen molar-refractivity contribution in [3.05, 3.63) is 58.7 Å². The Labute approximate surface area is 141 Å². The van der Waals surface area contributed by atoms with Crippen molar-refractivity contribution < 1.29 is 4.74 Å². The second kappa shape index (κ2) is 9.00. The lowest BCUT2D eigenvalue weighted by atomic mass is 10.2. The third-order valence-electron chi connectivity index (χ3n) is 3.12. The highest BCUT2D eigenvalue weighted by Gasteiger charge is 2.01. The lowest BCUT2D eigenvalue weighted by molar-refractivity contribution is 0.326. The molecule has 1 aromatic carbocycles. The first kappa shape index (κ1) is 17.1. The molecule has 0 amide bonds. The van der Waals surface area contributed by atoms with Crippen molar-refractivity contribution in [1.82, 2.24) is 15.6 Å². The van der Waals surface area contributed by atoms with Crippen LogP contribution in [-0.4, -0.2) is 24.6 Å². The number of pyridine rings is 1. The van der Waals surface area contributed by atoms with E-state index in [1.54, 1.807) is 13.2 Å². The van der Waals surface area contributed by atoms with Gasteiger partial charge in [-0.25, -0.2) is 4.98 Å². The summed E-state index contributed by atoms with van der Waals surface area (Å²) in [7, 11) is 1.74. The van der Waals surface area contributed by atoms with Gasteiger partial charge in [0, 0.05) is 37.4 Å². The van der Waals surface area contributed by atoms with Gasteiger partial charge < -0.3 is 15.4 Å². The van der Waals surface area contributed by atoms with E-state index < -0.39 is 0 Å². The molecule has 0 saturated heterocycles. The van der Waals surface area contributed by atoms with E-state index in [2.05, 4.69) is 20.6 Å². The van der Waals surface area contributed by atoms with Gasteiger partial charge in [-0.05, 0) is 36.2 Å². The Hall–Kier alpha value is -2.27. The first-order valence-corrected chi connectivity index (χ1v) is 7.85. The highest BCUT2D eigenvalue weighted by Crippen LogP contribution is 2.10. The summed E-state index contributed by atoms with van der Waals surface area (Å²) < 4.78 is 5.40. The van der Waals surface area contributed by atoms with Crippen LogP contribution in [0.5, 0.6) is 5.88 Å². The highest BCUT2D eigenvalue weighted by atomic mass is 35.5. The van der Waals surface area contributed by atoms with E-state index in [4.69, 9.17) is 16.3 Å². The number of hydrogen-bond acceptors (Lipinski definition) is 3. The van der Waals surface area contributed by atoms with Gasteiger partial charge in [-0.15, -0.1) is 0 Å². The van der Waals surface area contributed by atoms with E-state index in [1.807, 2.05) is 43.3 Å². The Morgan fingerprint density at radius 1 is 1.17 bits per heavy atom. The van der Waals surface area contributed by atoms with Gasteiger partial charge in [0.2, 0.25) is 5.88 Å². The van der Waals surface area contributed by atoms with Crippen LogP contribution in [0.15, 0.2) is 47.6 Å². The number of aromatic nitrogens is 1.